The molecule has 0 aromatic carbocycles. The first kappa shape index (κ1) is 7.41. The molecule has 0 radical (unpaired) electrons. The molecule has 1 heterocycles. The van der Waals surface area contributed by atoms with Gasteiger partial charge in [-0.05, 0) is 0 Å². The van der Waals surface area contributed by atoms with Gasteiger partial charge >= 0.3 is 0 Å². The monoisotopic (exact) mass is 142 g/mol. The van der Waals surface area contributed by atoms with Crippen molar-refractivity contribution in [2.24, 2.45) is 0 Å². The minimum absolute atomic E-state index is 0.668. The molecule has 58 valence electrons. The normalized spacial score (nSPS) is 16.5. The maximum absolute atomic E-state index is 5.05. The van der Waals surface area contributed by atoms with E-state index in [1.165, 1.54) is 0 Å². The van der Waals surface area contributed by atoms with Crippen molar-refractivity contribution in [2.45, 2.75) is 13.8 Å². The van der Waals surface area contributed by atoms with Crippen LogP contribution < -0.4 is 0 Å². The molecular weight excluding hydrogens is 128 g/mol. The first-order valence-corrected chi connectivity index (χ1v) is 3.68. The van der Waals surface area contributed by atoms with Gasteiger partial charge in [0.05, 0.1) is 6.20 Å². The molecule has 0 aromatic heterocycles. The summed E-state index contributed by atoms with van der Waals surface area (Å²) in [4.78, 5) is 0. The summed E-state index contributed by atoms with van der Waals surface area (Å²) < 4.78 is 5.05. The van der Waals surface area contributed by atoms with Crippen LogP contribution >= 0.6 is 0 Å². The standard InChI is InChI=1S/C7H14N2O/c1-3-8(4-2)9-5-6-10-7-9/h5-6H,3-4,7H2,1-2H3. The van der Waals surface area contributed by atoms with E-state index < -0.39 is 0 Å². The molecule has 1 aliphatic heterocycles. The minimum Gasteiger partial charge on any atom is -0.478 e. The fraction of sp³-hybridized carbons (Fsp3) is 0.714. The Hall–Kier alpha value is -0.700. The third-order valence-electron chi connectivity index (χ3n) is 1.63. The van der Waals surface area contributed by atoms with Gasteiger partial charge in [-0.3, -0.25) is 5.01 Å². The predicted molar refractivity (Wildman–Crippen MR) is 39.9 cm³/mol. The van der Waals surface area contributed by atoms with Crippen LogP contribution in [0.2, 0.25) is 0 Å². The zero-order chi connectivity index (χ0) is 7.40. The Kier molecular flexibility index (Phi) is 2.57. The van der Waals surface area contributed by atoms with Gasteiger partial charge in [0.1, 0.15) is 6.26 Å². The fourth-order valence-corrected chi connectivity index (χ4v) is 1.04. The summed E-state index contributed by atoms with van der Waals surface area (Å²) >= 11 is 0. The lowest BCUT2D eigenvalue weighted by molar-refractivity contribution is -0.0134. The van der Waals surface area contributed by atoms with Crippen LogP contribution in [0.15, 0.2) is 12.5 Å². The highest BCUT2D eigenvalue weighted by atomic mass is 16.5. The number of nitrogens with zero attached hydrogens (tertiary/aromatic N) is 2. The maximum atomic E-state index is 5.05. The summed E-state index contributed by atoms with van der Waals surface area (Å²) in [7, 11) is 0. The molecule has 3 nitrogen and oxygen atoms in total. The van der Waals surface area contributed by atoms with Crippen molar-refractivity contribution < 1.29 is 4.74 Å². The van der Waals surface area contributed by atoms with Crippen LogP contribution in [-0.2, 0) is 4.74 Å². The summed E-state index contributed by atoms with van der Waals surface area (Å²) in [5.74, 6) is 0. The van der Waals surface area contributed by atoms with Gasteiger partial charge in [0.2, 0.25) is 0 Å². The second kappa shape index (κ2) is 3.46. The summed E-state index contributed by atoms with van der Waals surface area (Å²) in [6, 6.07) is 0. The largest absolute Gasteiger partial charge is 0.478 e. The molecule has 0 amide bonds. The van der Waals surface area contributed by atoms with Crippen LogP contribution in [0.4, 0.5) is 0 Å². The lowest BCUT2D eigenvalue weighted by atomic mass is 10.6. The molecular formula is C7H14N2O. The van der Waals surface area contributed by atoms with Gasteiger partial charge in [-0.25, -0.2) is 5.01 Å². The molecule has 0 aliphatic carbocycles. The van der Waals surface area contributed by atoms with Crippen molar-refractivity contribution >= 4 is 0 Å². The molecule has 0 spiro atoms. The Morgan fingerprint density at radius 2 is 2.20 bits per heavy atom. The number of hydrogen-bond acceptors (Lipinski definition) is 3. The Labute approximate surface area is 61.8 Å². The van der Waals surface area contributed by atoms with Crippen molar-refractivity contribution in [2.75, 3.05) is 19.8 Å². The molecule has 0 N–H and O–H groups in total. The summed E-state index contributed by atoms with van der Waals surface area (Å²) in [6.07, 6.45) is 3.67. The average molecular weight is 142 g/mol. The van der Waals surface area contributed by atoms with E-state index in [4.69, 9.17) is 4.74 Å². The molecule has 1 rings (SSSR count). The molecule has 1 aliphatic rings. The third kappa shape index (κ3) is 1.42. The molecule has 0 bridgehead atoms. The average Bonchev–Trinajstić information content (AvgIpc) is 2.43. The summed E-state index contributed by atoms with van der Waals surface area (Å²) in [5, 5.41) is 4.28. The number of rotatable bonds is 3. The number of hydrogen-bond donors (Lipinski definition) is 0. The van der Waals surface area contributed by atoms with Crippen molar-refractivity contribution in [3.05, 3.63) is 12.5 Å². The summed E-state index contributed by atoms with van der Waals surface area (Å²) in [5.41, 5.74) is 0. The lowest BCUT2D eigenvalue weighted by Gasteiger charge is -2.27. The molecule has 10 heavy (non-hydrogen) atoms. The highest BCUT2D eigenvalue weighted by molar-refractivity contribution is 4.77. The Morgan fingerprint density at radius 1 is 1.50 bits per heavy atom. The Balaban J connectivity index is 2.37. The number of hydrazine groups is 1. The Morgan fingerprint density at radius 3 is 2.60 bits per heavy atom. The molecule has 3 heteroatoms. The Bertz CT molecular complexity index is 121. The van der Waals surface area contributed by atoms with Crippen LogP contribution in [0, 0.1) is 0 Å². The van der Waals surface area contributed by atoms with Crippen LogP contribution in [0.5, 0.6) is 0 Å². The highest BCUT2D eigenvalue weighted by Gasteiger charge is 2.10. The highest BCUT2D eigenvalue weighted by Crippen LogP contribution is 2.04. The van der Waals surface area contributed by atoms with Crippen molar-refractivity contribution in [3.8, 4) is 0 Å². The third-order valence-corrected chi connectivity index (χ3v) is 1.63. The van der Waals surface area contributed by atoms with Gasteiger partial charge < -0.3 is 4.74 Å². The SMILES string of the molecule is CCN(CC)N1C=COC1. The molecule has 0 atom stereocenters. The van der Waals surface area contributed by atoms with E-state index in [0.29, 0.717) is 6.73 Å². The van der Waals surface area contributed by atoms with E-state index in [9.17, 15) is 0 Å². The quantitative estimate of drug-likeness (QED) is 0.584. The van der Waals surface area contributed by atoms with E-state index in [0.717, 1.165) is 13.1 Å². The van der Waals surface area contributed by atoms with Crippen LogP contribution in [-0.4, -0.2) is 29.8 Å². The molecule has 0 saturated carbocycles. The van der Waals surface area contributed by atoms with E-state index in [2.05, 4.69) is 23.9 Å². The first-order chi connectivity index (χ1) is 4.88. The first-order valence-electron chi connectivity index (χ1n) is 3.68. The predicted octanol–water partition coefficient (Wildman–Crippen LogP) is 1.00. The fourth-order valence-electron chi connectivity index (χ4n) is 1.04. The minimum atomic E-state index is 0.668. The van der Waals surface area contributed by atoms with E-state index in [1.54, 1.807) is 6.26 Å². The smallest absolute Gasteiger partial charge is 0.173 e. The van der Waals surface area contributed by atoms with Gasteiger partial charge in [0.15, 0.2) is 6.73 Å². The van der Waals surface area contributed by atoms with E-state index in [-0.39, 0.29) is 0 Å². The molecule has 0 aromatic rings. The number of ether oxygens (including phenoxy) is 1. The lowest BCUT2D eigenvalue weighted by Crippen LogP contribution is -2.37. The van der Waals surface area contributed by atoms with Crippen molar-refractivity contribution in [3.63, 3.8) is 0 Å². The van der Waals surface area contributed by atoms with Gasteiger partial charge in [-0.1, -0.05) is 13.8 Å². The van der Waals surface area contributed by atoms with Crippen LogP contribution in [0.3, 0.4) is 0 Å². The van der Waals surface area contributed by atoms with Gasteiger partial charge in [-0.2, -0.15) is 0 Å². The molecule has 0 saturated heterocycles. The molecule has 0 fully saturated rings. The van der Waals surface area contributed by atoms with Crippen molar-refractivity contribution in [1.82, 2.24) is 10.0 Å². The topological polar surface area (TPSA) is 15.7 Å². The second-order valence-electron chi connectivity index (χ2n) is 2.16. The van der Waals surface area contributed by atoms with Crippen molar-refractivity contribution in [1.29, 1.82) is 0 Å². The van der Waals surface area contributed by atoms with Crippen LogP contribution in [0.1, 0.15) is 13.8 Å². The summed E-state index contributed by atoms with van der Waals surface area (Å²) in [6.45, 7) is 7.00. The zero-order valence-corrected chi connectivity index (χ0v) is 6.58. The van der Waals surface area contributed by atoms with Gasteiger partial charge in [-0.15, -0.1) is 0 Å². The maximum Gasteiger partial charge on any atom is 0.173 e. The second-order valence-corrected chi connectivity index (χ2v) is 2.16. The van der Waals surface area contributed by atoms with Gasteiger partial charge in [0.25, 0.3) is 0 Å². The zero-order valence-electron chi connectivity index (χ0n) is 6.58. The van der Waals surface area contributed by atoms with Gasteiger partial charge in [0, 0.05) is 13.1 Å². The molecule has 0 unspecified atom stereocenters. The van der Waals surface area contributed by atoms with E-state index >= 15 is 0 Å². The van der Waals surface area contributed by atoms with E-state index in [1.807, 2.05) is 6.20 Å². The van der Waals surface area contributed by atoms with Crippen LogP contribution in [0.25, 0.3) is 0 Å².